The van der Waals surface area contributed by atoms with Crippen molar-refractivity contribution in [2.75, 3.05) is 32.1 Å². The van der Waals surface area contributed by atoms with Crippen LogP contribution in [-0.2, 0) is 4.79 Å². The van der Waals surface area contributed by atoms with Crippen LogP contribution >= 0.6 is 22.6 Å². The second-order valence-corrected chi connectivity index (χ2v) is 7.37. The van der Waals surface area contributed by atoms with E-state index in [1.54, 1.807) is 7.05 Å². The summed E-state index contributed by atoms with van der Waals surface area (Å²) in [5.74, 6) is 0.822. The first-order valence-electron chi connectivity index (χ1n) is 7.99. The molecule has 4 nitrogen and oxygen atoms in total. The molecule has 122 valence electrons. The fraction of sp³-hybridized carbons (Fsp3) is 0.588. The molecule has 1 aliphatic carbocycles. The molecule has 1 aromatic carbocycles. The van der Waals surface area contributed by atoms with Crippen molar-refractivity contribution in [1.29, 1.82) is 0 Å². The van der Waals surface area contributed by atoms with Crippen LogP contribution in [0.4, 0.5) is 5.69 Å². The van der Waals surface area contributed by atoms with Gasteiger partial charge in [0.1, 0.15) is 0 Å². The van der Waals surface area contributed by atoms with E-state index in [1.807, 2.05) is 0 Å². The third-order valence-corrected chi connectivity index (χ3v) is 5.20. The number of halogens is 1. The standard InChI is InChI=1S/C17H26IN3O/c1-19-17(22)11-20-15-7-3-13(4-8-15)12-21(2)16-9-5-14(18)6-10-16/h5-6,9-10,13,15,20H,3-4,7-8,11-12H2,1-2H3,(H,19,22)/t13-,15-. The zero-order valence-electron chi connectivity index (χ0n) is 13.4. The van der Waals surface area contributed by atoms with Crippen LogP contribution in [0.1, 0.15) is 25.7 Å². The van der Waals surface area contributed by atoms with Crippen LogP contribution in [0, 0.1) is 9.49 Å². The summed E-state index contributed by atoms with van der Waals surface area (Å²) in [5.41, 5.74) is 1.29. The Hall–Kier alpha value is -0.820. The quantitative estimate of drug-likeness (QED) is 0.703. The van der Waals surface area contributed by atoms with Gasteiger partial charge in [0.2, 0.25) is 5.91 Å². The van der Waals surface area contributed by atoms with E-state index in [4.69, 9.17) is 0 Å². The van der Waals surface area contributed by atoms with Gasteiger partial charge >= 0.3 is 0 Å². The number of rotatable bonds is 6. The van der Waals surface area contributed by atoms with E-state index < -0.39 is 0 Å². The Kier molecular flexibility index (Phi) is 6.95. The molecule has 0 atom stereocenters. The molecule has 1 aromatic rings. The SMILES string of the molecule is CNC(=O)CN[C@H]1CC[C@H](CN(C)c2ccc(I)cc2)CC1. The zero-order valence-corrected chi connectivity index (χ0v) is 15.6. The molecule has 1 fully saturated rings. The molecule has 0 radical (unpaired) electrons. The highest BCUT2D eigenvalue weighted by molar-refractivity contribution is 14.1. The number of amides is 1. The normalized spacial score (nSPS) is 21.4. The van der Waals surface area contributed by atoms with Crippen LogP contribution < -0.4 is 15.5 Å². The lowest BCUT2D eigenvalue weighted by Gasteiger charge is -2.32. The molecule has 1 saturated carbocycles. The lowest BCUT2D eigenvalue weighted by atomic mass is 9.85. The van der Waals surface area contributed by atoms with Crippen molar-refractivity contribution in [2.24, 2.45) is 5.92 Å². The fourth-order valence-electron chi connectivity index (χ4n) is 3.06. The molecule has 2 rings (SSSR count). The van der Waals surface area contributed by atoms with Crippen LogP contribution in [0.2, 0.25) is 0 Å². The van der Waals surface area contributed by atoms with Gasteiger partial charge in [-0.1, -0.05) is 0 Å². The molecule has 0 saturated heterocycles. The average Bonchev–Trinajstić information content (AvgIpc) is 2.54. The molecular formula is C17H26IN3O. The van der Waals surface area contributed by atoms with Crippen molar-refractivity contribution in [3.8, 4) is 0 Å². The van der Waals surface area contributed by atoms with Crippen molar-refractivity contribution in [3.05, 3.63) is 27.8 Å². The highest BCUT2D eigenvalue weighted by Crippen LogP contribution is 2.26. The maximum atomic E-state index is 11.3. The monoisotopic (exact) mass is 415 g/mol. The molecule has 0 unspecified atom stereocenters. The summed E-state index contributed by atoms with van der Waals surface area (Å²) in [6.45, 7) is 1.55. The zero-order chi connectivity index (χ0) is 15.9. The largest absolute Gasteiger partial charge is 0.374 e. The highest BCUT2D eigenvalue weighted by atomic mass is 127. The first kappa shape index (κ1) is 17.5. The van der Waals surface area contributed by atoms with Crippen molar-refractivity contribution >= 4 is 34.2 Å². The molecule has 0 bridgehead atoms. The number of anilines is 1. The van der Waals surface area contributed by atoms with Gasteiger partial charge in [-0.3, -0.25) is 4.79 Å². The van der Waals surface area contributed by atoms with Gasteiger partial charge < -0.3 is 15.5 Å². The van der Waals surface area contributed by atoms with Crippen LogP contribution in [0.3, 0.4) is 0 Å². The second kappa shape index (κ2) is 8.72. The summed E-state index contributed by atoms with van der Waals surface area (Å²) in [7, 11) is 3.86. The highest BCUT2D eigenvalue weighted by Gasteiger charge is 2.22. The minimum absolute atomic E-state index is 0.0700. The van der Waals surface area contributed by atoms with Gasteiger partial charge in [-0.15, -0.1) is 0 Å². The minimum atomic E-state index is 0.0700. The number of carbonyl (C=O) groups excluding carboxylic acids is 1. The molecule has 2 N–H and O–H groups in total. The molecule has 0 aliphatic heterocycles. The number of carbonyl (C=O) groups is 1. The Bertz CT molecular complexity index is 469. The van der Waals surface area contributed by atoms with E-state index >= 15 is 0 Å². The molecule has 0 heterocycles. The smallest absolute Gasteiger partial charge is 0.233 e. The molecule has 0 aromatic heterocycles. The van der Waals surface area contributed by atoms with E-state index in [1.165, 1.54) is 34.9 Å². The van der Waals surface area contributed by atoms with Crippen molar-refractivity contribution in [2.45, 2.75) is 31.7 Å². The molecule has 5 heteroatoms. The summed E-state index contributed by atoms with van der Waals surface area (Å²) in [5, 5.41) is 6.01. The number of hydrogen-bond donors (Lipinski definition) is 2. The molecule has 1 amide bonds. The number of nitrogens with zero attached hydrogens (tertiary/aromatic N) is 1. The summed E-state index contributed by atoms with van der Waals surface area (Å²) < 4.78 is 1.28. The van der Waals surface area contributed by atoms with Crippen LogP contribution in [0.5, 0.6) is 0 Å². The lowest BCUT2D eigenvalue weighted by Crippen LogP contribution is -2.40. The van der Waals surface area contributed by atoms with Gasteiger partial charge in [0, 0.05) is 35.9 Å². The van der Waals surface area contributed by atoms with E-state index in [2.05, 4.69) is 69.4 Å². The molecular weight excluding hydrogens is 389 g/mol. The van der Waals surface area contributed by atoms with E-state index in [-0.39, 0.29) is 5.91 Å². The van der Waals surface area contributed by atoms with E-state index in [0.717, 1.165) is 12.5 Å². The third-order valence-electron chi connectivity index (χ3n) is 4.48. The first-order valence-corrected chi connectivity index (χ1v) is 9.07. The van der Waals surface area contributed by atoms with Crippen molar-refractivity contribution in [1.82, 2.24) is 10.6 Å². The maximum absolute atomic E-state index is 11.3. The predicted molar refractivity (Wildman–Crippen MR) is 100 cm³/mol. The van der Waals surface area contributed by atoms with Crippen LogP contribution in [0.25, 0.3) is 0 Å². The number of hydrogen-bond acceptors (Lipinski definition) is 3. The Balaban J connectivity index is 1.72. The Labute approximate surface area is 147 Å². The van der Waals surface area contributed by atoms with Gasteiger partial charge in [0.25, 0.3) is 0 Å². The first-order chi connectivity index (χ1) is 10.6. The number of likely N-dealkylation sites (N-methyl/N-ethyl adjacent to an activating group) is 1. The summed E-state index contributed by atoms with van der Waals surface area (Å²) in [6.07, 6.45) is 4.81. The molecule has 1 aliphatic rings. The van der Waals surface area contributed by atoms with Gasteiger partial charge in [-0.25, -0.2) is 0 Å². The van der Waals surface area contributed by atoms with Crippen molar-refractivity contribution < 1.29 is 4.79 Å². The van der Waals surface area contributed by atoms with E-state index in [0.29, 0.717) is 12.6 Å². The van der Waals surface area contributed by atoms with Gasteiger partial charge in [-0.2, -0.15) is 0 Å². The second-order valence-electron chi connectivity index (χ2n) is 6.13. The minimum Gasteiger partial charge on any atom is -0.374 e. The lowest BCUT2D eigenvalue weighted by molar-refractivity contribution is -0.119. The number of nitrogens with one attached hydrogen (secondary N) is 2. The van der Waals surface area contributed by atoms with Gasteiger partial charge in [0.15, 0.2) is 0 Å². The molecule has 0 spiro atoms. The van der Waals surface area contributed by atoms with Gasteiger partial charge in [-0.05, 0) is 78.5 Å². The Morgan fingerprint density at radius 2 is 1.86 bits per heavy atom. The average molecular weight is 415 g/mol. The van der Waals surface area contributed by atoms with Crippen LogP contribution in [0.15, 0.2) is 24.3 Å². The van der Waals surface area contributed by atoms with Gasteiger partial charge in [0.05, 0.1) is 6.54 Å². The molecule has 22 heavy (non-hydrogen) atoms. The van der Waals surface area contributed by atoms with E-state index in [9.17, 15) is 4.79 Å². The van der Waals surface area contributed by atoms with Crippen molar-refractivity contribution in [3.63, 3.8) is 0 Å². The Morgan fingerprint density at radius 1 is 1.23 bits per heavy atom. The number of benzene rings is 1. The van der Waals surface area contributed by atoms with Crippen LogP contribution in [-0.4, -0.2) is 39.1 Å². The summed E-state index contributed by atoms with van der Waals surface area (Å²) >= 11 is 2.34. The fourth-order valence-corrected chi connectivity index (χ4v) is 3.42. The predicted octanol–water partition coefficient (Wildman–Crippen LogP) is 2.62. The third kappa shape index (κ3) is 5.43. The summed E-state index contributed by atoms with van der Waals surface area (Å²) in [6, 6.07) is 9.20. The Morgan fingerprint density at radius 3 is 2.45 bits per heavy atom. The summed E-state index contributed by atoms with van der Waals surface area (Å²) in [4.78, 5) is 13.6. The maximum Gasteiger partial charge on any atom is 0.233 e. The topological polar surface area (TPSA) is 44.4 Å².